The van der Waals surface area contributed by atoms with Crippen molar-refractivity contribution < 1.29 is 19.1 Å². The molecular weight excluding hydrogens is 222 g/mol. The Morgan fingerprint density at radius 3 is 2.47 bits per heavy atom. The minimum absolute atomic E-state index is 0.183. The van der Waals surface area contributed by atoms with Crippen LogP contribution in [0.5, 0.6) is 0 Å². The molecule has 5 nitrogen and oxygen atoms in total. The van der Waals surface area contributed by atoms with Gasteiger partial charge in [0.05, 0.1) is 6.04 Å². The van der Waals surface area contributed by atoms with Gasteiger partial charge in [-0.15, -0.1) is 0 Å². The average molecular weight is 241 g/mol. The van der Waals surface area contributed by atoms with E-state index in [-0.39, 0.29) is 36.7 Å². The average Bonchev–Trinajstić information content (AvgIpc) is 2.27. The van der Waals surface area contributed by atoms with Crippen LogP contribution >= 0.6 is 0 Å². The molecule has 1 rings (SSSR count). The third kappa shape index (κ3) is 4.56. The molecule has 0 saturated carbocycles. The first kappa shape index (κ1) is 13.7. The van der Waals surface area contributed by atoms with Crippen LogP contribution in [0, 0.1) is 0 Å². The number of ether oxygens (including phenoxy) is 2. The maximum Gasteiger partial charge on any atom is 0.303 e. The lowest BCUT2D eigenvalue weighted by molar-refractivity contribution is -0.148. The molecule has 0 unspecified atom stereocenters. The summed E-state index contributed by atoms with van der Waals surface area (Å²) in [5.41, 5.74) is 0. The Bertz CT molecular complexity index is 314. The molecule has 96 valence electrons. The van der Waals surface area contributed by atoms with Crippen LogP contribution in [0.1, 0.15) is 27.2 Å². The number of hydrogen-bond donors (Lipinski definition) is 1. The highest BCUT2D eigenvalue weighted by atomic mass is 16.6. The van der Waals surface area contributed by atoms with Crippen molar-refractivity contribution in [2.75, 3.05) is 6.61 Å². The second kappa shape index (κ2) is 6.39. The fourth-order valence-corrected chi connectivity index (χ4v) is 1.72. The van der Waals surface area contributed by atoms with E-state index in [0.29, 0.717) is 0 Å². The first-order valence-corrected chi connectivity index (χ1v) is 5.78. The molecule has 1 N–H and O–H groups in total. The molecule has 0 saturated heterocycles. The molecule has 0 radical (unpaired) electrons. The minimum Gasteiger partial charge on any atom is -0.464 e. The Kier molecular flexibility index (Phi) is 5.15. The number of esters is 2. The Morgan fingerprint density at radius 2 is 1.94 bits per heavy atom. The maximum atomic E-state index is 11.0. The van der Waals surface area contributed by atoms with Gasteiger partial charge in [0.2, 0.25) is 0 Å². The maximum absolute atomic E-state index is 11.0. The molecule has 0 spiro atoms. The second-order valence-corrected chi connectivity index (χ2v) is 4.05. The molecule has 0 aromatic carbocycles. The van der Waals surface area contributed by atoms with Gasteiger partial charge in [0.15, 0.2) is 0 Å². The summed E-state index contributed by atoms with van der Waals surface area (Å²) in [5.74, 6) is -0.680. The molecule has 17 heavy (non-hydrogen) atoms. The van der Waals surface area contributed by atoms with Crippen molar-refractivity contribution in [3.8, 4) is 0 Å². The molecular formula is C12H19NO4. The zero-order valence-electron chi connectivity index (χ0n) is 10.4. The topological polar surface area (TPSA) is 64.6 Å². The van der Waals surface area contributed by atoms with E-state index in [1.54, 1.807) is 0 Å². The highest BCUT2D eigenvalue weighted by molar-refractivity contribution is 5.67. The fourth-order valence-electron chi connectivity index (χ4n) is 1.72. The van der Waals surface area contributed by atoms with Gasteiger partial charge in [-0.25, -0.2) is 0 Å². The summed E-state index contributed by atoms with van der Waals surface area (Å²) in [6.45, 7) is 4.98. The first-order valence-electron chi connectivity index (χ1n) is 5.78. The Balaban J connectivity index is 2.62. The largest absolute Gasteiger partial charge is 0.464 e. The van der Waals surface area contributed by atoms with Crippen LogP contribution in [-0.2, 0) is 19.1 Å². The van der Waals surface area contributed by atoms with E-state index in [9.17, 15) is 9.59 Å². The normalized spacial score (nSPS) is 27.6. The zero-order valence-corrected chi connectivity index (χ0v) is 10.4. The van der Waals surface area contributed by atoms with Crippen LogP contribution in [0.2, 0.25) is 0 Å². The van der Waals surface area contributed by atoms with E-state index >= 15 is 0 Å². The van der Waals surface area contributed by atoms with Crippen molar-refractivity contribution in [1.82, 2.24) is 5.32 Å². The summed E-state index contributed by atoms with van der Waals surface area (Å²) in [6.07, 6.45) is 4.37. The van der Waals surface area contributed by atoms with Gasteiger partial charge in [-0.1, -0.05) is 13.0 Å². The molecule has 0 aliphatic carbocycles. The third-order valence-electron chi connectivity index (χ3n) is 2.57. The number of carbonyl (C=O) groups is 2. The fraction of sp³-hybridized carbons (Fsp3) is 0.667. The quantitative estimate of drug-likeness (QED) is 0.582. The number of carbonyl (C=O) groups excluding carboxylic acids is 2. The zero-order chi connectivity index (χ0) is 12.8. The van der Waals surface area contributed by atoms with Crippen molar-refractivity contribution in [3.05, 3.63) is 12.2 Å². The summed E-state index contributed by atoms with van der Waals surface area (Å²) in [5, 5.41) is 3.27. The van der Waals surface area contributed by atoms with Crippen molar-refractivity contribution >= 4 is 11.9 Å². The molecule has 0 aromatic heterocycles. The number of rotatable bonds is 4. The minimum atomic E-state index is -0.380. The van der Waals surface area contributed by atoms with Crippen LogP contribution in [0.3, 0.4) is 0 Å². The summed E-state index contributed by atoms with van der Waals surface area (Å²) in [7, 11) is 0. The SMILES string of the molecule is CC[C@@H]1C=C[C@H](OC(C)=O)[C@H](COC(C)=O)N1. The highest BCUT2D eigenvalue weighted by Crippen LogP contribution is 2.12. The van der Waals surface area contributed by atoms with Gasteiger partial charge < -0.3 is 14.8 Å². The molecule has 3 atom stereocenters. The summed E-state index contributed by atoms with van der Waals surface area (Å²) < 4.78 is 10.1. The molecule has 1 heterocycles. The lowest BCUT2D eigenvalue weighted by atomic mass is 10.0. The van der Waals surface area contributed by atoms with Crippen LogP contribution in [0.15, 0.2) is 12.2 Å². The van der Waals surface area contributed by atoms with Gasteiger partial charge in [-0.3, -0.25) is 9.59 Å². The van der Waals surface area contributed by atoms with Crippen LogP contribution in [-0.4, -0.2) is 36.7 Å². The Labute approximate surface area is 101 Å². The molecule has 5 heteroatoms. The second-order valence-electron chi connectivity index (χ2n) is 4.05. The standard InChI is InChI=1S/C12H19NO4/c1-4-10-5-6-12(17-9(3)15)11(13-10)7-16-8(2)14/h5-6,10-13H,4,7H2,1-3H3/t10-,11+,12+/m1/s1. The van der Waals surface area contributed by atoms with Gasteiger partial charge in [-0.05, 0) is 12.5 Å². The summed E-state index contributed by atoms with van der Waals surface area (Å²) in [6, 6.07) is 0.0418. The molecule has 0 fully saturated rings. The molecule has 1 aliphatic rings. The smallest absolute Gasteiger partial charge is 0.303 e. The van der Waals surface area contributed by atoms with Gasteiger partial charge in [0, 0.05) is 19.9 Å². The van der Waals surface area contributed by atoms with E-state index in [4.69, 9.17) is 9.47 Å². The predicted molar refractivity (Wildman–Crippen MR) is 62.3 cm³/mol. The van der Waals surface area contributed by atoms with Gasteiger partial charge >= 0.3 is 11.9 Å². The van der Waals surface area contributed by atoms with E-state index in [2.05, 4.69) is 12.2 Å². The lowest BCUT2D eigenvalue weighted by Gasteiger charge is -2.31. The Morgan fingerprint density at radius 1 is 1.24 bits per heavy atom. The molecule has 0 aromatic rings. The van der Waals surface area contributed by atoms with Crippen LogP contribution in [0.4, 0.5) is 0 Å². The van der Waals surface area contributed by atoms with Crippen molar-refractivity contribution in [2.24, 2.45) is 0 Å². The Hall–Kier alpha value is -1.36. The van der Waals surface area contributed by atoms with Crippen molar-refractivity contribution in [3.63, 3.8) is 0 Å². The van der Waals surface area contributed by atoms with Gasteiger partial charge in [-0.2, -0.15) is 0 Å². The predicted octanol–water partition coefficient (Wildman–Crippen LogP) is 0.788. The van der Waals surface area contributed by atoms with Crippen LogP contribution in [0.25, 0.3) is 0 Å². The highest BCUT2D eigenvalue weighted by Gasteiger charge is 2.28. The van der Waals surface area contributed by atoms with E-state index in [0.717, 1.165) is 6.42 Å². The van der Waals surface area contributed by atoms with E-state index in [1.165, 1.54) is 13.8 Å². The van der Waals surface area contributed by atoms with Crippen molar-refractivity contribution in [2.45, 2.75) is 45.4 Å². The number of hydrogen-bond acceptors (Lipinski definition) is 5. The van der Waals surface area contributed by atoms with Gasteiger partial charge in [0.1, 0.15) is 12.7 Å². The molecule has 0 amide bonds. The molecule has 0 bridgehead atoms. The summed E-state index contributed by atoms with van der Waals surface area (Å²) in [4.78, 5) is 21.7. The van der Waals surface area contributed by atoms with Crippen LogP contribution < -0.4 is 5.32 Å². The first-order chi connectivity index (χ1) is 8.02. The third-order valence-corrected chi connectivity index (χ3v) is 2.57. The van der Waals surface area contributed by atoms with Crippen molar-refractivity contribution in [1.29, 1.82) is 0 Å². The number of nitrogens with one attached hydrogen (secondary N) is 1. The van der Waals surface area contributed by atoms with Gasteiger partial charge in [0.25, 0.3) is 0 Å². The monoisotopic (exact) mass is 241 g/mol. The summed E-state index contributed by atoms with van der Waals surface area (Å²) >= 11 is 0. The van der Waals surface area contributed by atoms with E-state index < -0.39 is 0 Å². The lowest BCUT2D eigenvalue weighted by Crippen LogP contribution is -2.51. The van der Waals surface area contributed by atoms with E-state index in [1.807, 2.05) is 12.2 Å². The molecule has 1 aliphatic heterocycles.